The number of hydrogen-bond acceptors (Lipinski definition) is 8. The molecule has 0 N–H and O–H groups in total. The van der Waals surface area contributed by atoms with E-state index in [-0.39, 0.29) is 11.1 Å². The van der Waals surface area contributed by atoms with Gasteiger partial charge in [-0.2, -0.15) is 0 Å². The van der Waals surface area contributed by atoms with Crippen LogP contribution < -0.4 is 0 Å². The van der Waals surface area contributed by atoms with Crippen molar-refractivity contribution in [3.8, 4) is 0 Å². The number of hydrogen-bond donors (Lipinski definition) is 0. The zero-order valence-corrected chi connectivity index (χ0v) is 16.5. The van der Waals surface area contributed by atoms with Gasteiger partial charge in [-0.25, -0.2) is 15.0 Å². The van der Waals surface area contributed by atoms with E-state index in [0.29, 0.717) is 17.6 Å². The second-order valence-corrected chi connectivity index (χ2v) is 7.56. The van der Waals surface area contributed by atoms with Crippen LogP contribution in [0.2, 0.25) is 5.15 Å². The molecule has 2 fully saturated rings. The number of carbonyl (C=O) groups is 2. The molecule has 0 radical (unpaired) electrons. The maximum Gasteiger partial charge on any atom is 0.303 e. The zero-order chi connectivity index (χ0) is 20.1. The molecule has 5 atom stereocenters. The van der Waals surface area contributed by atoms with Crippen molar-refractivity contribution >= 4 is 34.7 Å². The van der Waals surface area contributed by atoms with E-state index in [2.05, 4.69) is 21.9 Å². The molecule has 0 amide bonds. The fourth-order valence-electron chi connectivity index (χ4n) is 4.38. The Morgan fingerprint density at radius 2 is 2.04 bits per heavy atom. The first-order valence-corrected chi connectivity index (χ1v) is 9.60. The predicted molar refractivity (Wildman–Crippen MR) is 97.3 cm³/mol. The minimum atomic E-state index is -0.832. The molecule has 28 heavy (non-hydrogen) atoms. The monoisotopic (exact) mass is 408 g/mol. The normalized spacial score (nSPS) is 31.7. The molecular formula is C18H21ClN4O5. The average Bonchev–Trinajstić information content (AvgIpc) is 3.16. The van der Waals surface area contributed by atoms with E-state index in [1.54, 1.807) is 4.57 Å². The van der Waals surface area contributed by atoms with Crippen molar-refractivity contribution in [3.63, 3.8) is 0 Å². The number of nitrogens with zero attached hydrogens (tertiary/aromatic N) is 4. The van der Waals surface area contributed by atoms with Crippen LogP contribution in [0.4, 0.5) is 0 Å². The van der Waals surface area contributed by atoms with E-state index in [1.807, 2.05) is 0 Å². The van der Waals surface area contributed by atoms with Crippen molar-refractivity contribution in [2.45, 2.75) is 64.1 Å². The van der Waals surface area contributed by atoms with E-state index in [4.69, 9.17) is 25.8 Å². The summed E-state index contributed by atoms with van der Waals surface area (Å²) in [5, 5.41) is 0.215. The summed E-state index contributed by atoms with van der Waals surface area (Å²) in [4.78, 5) is 36.1. The van der Waals surface area contributed by atoms with Crippen LogP contribution in [0.25, 0.3) is 11.2 Å². The second kappa shape index (κ2) is 6.97. The molecule has 1 spiro atoms. The predicted octanol–water partition coefficient (Wildman–Crippen LogP) is 2.43. The maximum atomic E-state index is 11.8. The fraction of sp³-hybridized carbons (Fsp3) is 0.611. The van der Waals surface area contributed by atoms with Crippen LogP contribution in [-0.2, 0) is 23.8 Å². The van der Waals surface area contributed by atoms with Gasteiger partial charge in [0.2, 0.25) is 0 Å². The van der Waals surface area contributed by atoms with E-state index in [1.165, 1.54) is 26.5 Å². The molecule has 0 aromatic carbocycles. The van der Waals surface area contributed by atoms with E-state index >= 15 is 0 Å². The Morgan fingerprint density at radius 3 is 2.64 bits per heavy atom. The number of rotatable bonds is 4. The first kappa shape index (κ1) is 19.1. The molecule has 1 aliphatic carbocycles. The molecule has 2 aliphatic rings. The lowest BCUT2D eigenvalue weighted by Crippen LogP contribution is -2.57. The molecule has 2 aromatic rings. The van der Waals surface area contributed by atoms with Crippen LogP contribution in [-0.4, -0.2) is 49.3 Å². The SMILES string of the molecule is CC[C@@H]1CC[C@@]12O[C@@H](n1cnc3c(Cl)ncnc31)C(OC(C)=O)[C@H]2OC(C)=O. The summed E-state index contributed by atoms with van der Waals surface area (Å²) in [6.45, 7) is 4.72. The number of halogens is 1. The summed E-state index contributed by atoms with van der Waals surface area (Å²) in [7, 11) is 0. The van der Waals surface area contributed by atoms with Gasteiger partial charge in [0.15, 0.2) is 29.2 Å². The van der Waals surface area contributed by atoms with Crippen LogP contribution in [0.5, 0.6) is 0 Å². The standard InChI is InChI=1S/C18H21ClN4O5/c1-4-11-5-6-18(11)14(27-10(3)25)13(26-9(2)24)17(28-18)23-8-22-12-15(19)20-7-21-16(12)23/h7-8,11,13-14,17H,4-6H2,1-3H3/t11-,13?,14-,17-,18-/m1/s1. The highest BCUT2D eigenvalue weighted by Crippen LogP contribution is 2.56. The molecular weight excluding hydrogens is 388 g/mol. The van der Waals surface area contributed by atoms with E-state index < -0.39 is 36.0 Å². The summed E-state index contributed by atoms with van der Waals surface area (Å²) in [6, 6.07) is 0. The molecule has 2 aromatic heterocycles. The lowest BCUT2D eigenvalue weighted by Gasteiger charge is -2.48. The largest absolute Gasteiger partial charge is 0.455 e. The molecule has 4 rings (SSSR count). The third-order valence-electron chi connectivity index (χ3n) is 5.65. The smallest absolute Gasteiger partial charge is 0.303 e. The molecule has 9 nitrogen and oxygen atoms in total. The van der Waals surface area contributed by atoms with Gasteiger partial charge >= 0.3 is 11.9 Å². The van der Waals surface area contributed by atoms with Crippen LogP contribution in [0.1, 0.15) is 46.3 Å². The molecule has 1 aliphatic heterocycles. The topological polar surface area (TPSA) is 105 Å². The van der Waals surface area contributed by atoms with Gasteiger partial charge in [-0.05, 0) is 18.8 Å². The number of esters is 2. The minimum absolute atomic E-state index is 0.188. The van der Waals surface area contributed by atoms with Crippen molar-refractivity contribution in [2.24, 2.45) is 5.92 Å². The van der Waals surface area contributed by atoms with E-state index in [0.717, 1.165) is 12.8 Å². The first-order valence-electron chi connectivity index (χ1n) is 9.22. The van der Waals surface area contributed by atoms with E-state index in [9.17, 15) is 9.59 Å². The Hall–Kier alpha value is -2.26. The van der Waals surface area contributed by atoms with Crippen LogP contribution in [0, 0.1) is 5.92 Å². The van der Waals surface area contributed by atoms with Crippen LogP contribution in [0.3, 0.4) is 0 Å². The van der Waals surface area contributed by atoms with Gasteiger partial charge in [-0.3, -0.25) is 14.2 Å². The highest BCUT2D eigenvalue weighted by atomic mass is 35.5. The number of aromatic nitrogens is 4. The second-order valence-electron chi connectivity index (χ2n) is 7.20. The number of carbonyl (C=O) groups excluding carboxylic acids is 2. The van der Waals surface area contributed by atoms with Crippen LogP contribution >= 0.6 is 11.6 Å². The molecule has 1 saturated heterocycles. The van der Waals surface area contributed by atoms with Gasteiger partial charge < -0.3 is 14.2 Å². The number of ether oxygens (including phenoxy) is 3. The molecule has 1 saturated carbocycles. The quantitative estimate of drug-likeness (QED) is 0.561. The molecule has 10 heteroatoms. The number of imidazole rings is 1. The summed E-state index contributed by atoms with van der Waals surface area (Å²) < 4.78 is 19.4. The van der Waals surface area contributed by atoms with Gasteiger partial charge in [0.25, 0.3) is 0 Å². The lowest BCUT2D eigenvalue weighted by atomic mass is 9.65. The van der Waals surface area contributed by atoms with Crippen molar-refractivity contribution < 1.29 is 23.8 Å². The van der Waals surface area contributed by atoms with Crippen molar-refractivity contribution in [2.75, 3.05) is 0 Å². The molecule has 150 valence electrons. The third kappa shape index (κ3) is 2.84. The molecule has 1 unspecified atom stereocenters. The number of fused-ring (bicyclic) bond motifs is 1. The zero-order valence-electron chi connectivity index (χ0n) is 15.8. The molecule has 0 bridgehead atoms. The lowest BCUT2D eigenvalue weighted by molar-refractivity contribution is -0.200. The maximum absolute atomic E-state index is 11.8. The van der Waals surface area contributed by atoms with Gasteiger partial charge in [0, 0.05) is 13.8 Å². The van der Waals surface area contributed by atoms with Crippen molar-refractivity contribution in [3.05, 3.63) is 17.8 Å². The first-order chi connectivity index (χ1) is 13.4. The van der Waals surface area contributed by atoms with Gasteiger partial charge in [0.1, 0.15) is 17.4 Å². The Kier molecular flexibility index (Phi) is 4.75. The van der Waals surface area contributed by atoms with Crippen molar-refractivity contribution in [1.82, 2.24) is 19.5 Å². The summed E-state index contributed by atoms with van der Waals surface area (Å²) in [5.41, 5.74) is 0.159. The minimum Gasteiger partial charge on any atom is -0.455 e. The van der Waals surface area contributed by atoms with Crippen molar-refractivity contribution in [1.29, 1.82) is 0 Å². The highest BCUT2D eigenvalue weighted by molar-refractivity contribution is 6.33. The Bertz CT molecular complexity index is 932. The third-order valence-corrected chi connectivity index (χ3v) is 5.93. The Morgan fingerprint density at radius 1 is 1.29 bits per heavy atom. The van der Waals surface area contributed by atoms with Gasteiger partial charge in [0.05, 0.1) is 6.33 Å². The highest BCUT2D eigenvalue weighted by Gasteiger charge is 2.66. The van der Waals surface area contributed by atoms with Gasteiger partial charge in [-0.15, -0.1) is 0 Å². The van der Waals surface area contributed by atoms with Crippen LogP contribution in [0.15, 0.2) is 12.7 Å². The summed E-state index contributed by atoms with van der Waals surface area (Å²) in [5.74, 6) is -0.751. The molecule has 3 heterocycles. The Balaban J connectivity index is 1.81. The van der Waals surface area contributed by atoms with Gasteiger partial charge in [-0.1, -0.05) is 24.9 Å². The Labute approximate surface area is 166 Å². The fourth-order valence-corrected chi connectivity index (χ4v) is 4.56. The summed E-state index contributed by atoms with van der Waals surface area (Å²) in [6.07, 6.45) is 3.07. The summed E-state index contributed by atoms with van der Waals surface area (Å²) >= 11 is 6.11. The average molecular weight is 409 g/mol.